The number of aromatic nitrogens is 1. The summed E-state index contributed by atoms with van der Waals surface area (Å²) in [5.74, 6) is 3.11. The van der Waals surface area contributed by atoms with Crippen molar-refractivity contribution in [1.29, 1.82) is 0 Å². The molecule has 0 radical (unpaired) electrons. The highest BCUT2D eigenvalue weighted by atomic mass is 16.5. The second-order valence-electron chi connectivity index (χ2n) is 11.4. The molecule has 230 valence electrons. The minimum absolute atomic E-state index is 0.760. The van der Waals surface area contributed by atoms with E-state index < -0.39 is 0 Å². The van der Waals surface area contributed by atoms with Crippen molar-refractivity contribution in [2.24, 2.45) is 0 Å². The molecule has 6 aromatic carbocycles. The molecule has 47 heavy (non-hydrogen) atoms. The van der Waals surface area contributed by atoms with Crippen molar-refractivity contribution in [3.8, 4) is 28.7 Å². The van der Waals surface area contributed by atoms with Crippen LogP contribution in [0.25, 0.3) is 16.6 Å². The van der Waals surface area contributed by atoms with E-state index in [4.69, 9.17) is 9.47 Å². The summed E-state index contributed by atoms with van der Waals surface area (Å²) < 4.78 is 14.9. The summed E-state index contributed by atoms with van der Waals surface area (Å²) in [6.45, 7) is 4.30. The molecule has 0 saturated heterocycles. The number of para-hydroxylation sites is 3. The Morgan fingerprint density at radius 1 is 0.553 bits per heavy atom. The fourth-order valence-corrected chi connectivity index (χ4v) is 6.08. The van der Waals surface area contributed by atoms with Gasteiger partial charge in [-0.25, -0.2) is 0 Å². The summed E-state index contributed by atoms with van der Waals surface area (Å²) in [6, 6.07) is 53.6. The molecule has 0 unspecified atom stereocenters. The van der Waals surface area contributed by atoms with Crippen molar-refractivity contribution in [3.63, 3.8) is 0 Å². The standard InChI is InChI=1S/C43H36N2O2/c1-3-4-26-41-32(2)44(33-16-8-5-9-17-33)43-28-27-36(31-42(41)43)45(34-18-14-24-39(29-34)46-37-20-10-6-11-21-37)35-19-15-25-40(30-35)47-38-22-12-7-13-23-38/h3-25,27-31H,26H2,1-2H3/b4-3-. The third kappa shape index (κ3) is 6.40. The van der Waals surface area contributed by atoms with Crippen LogP contribution in [0.4, 0.5) is 17.1 Å². The topological polar surface area (TPSA) is 26.6 Å². The number of anilines is 3. The first-order valence-corrected chi connectivity index (χ1v) is 15.9. The number of ether oxygens (including phenoxy) is 2. The quantitative estimate of drug-likeness (QED) is 0.144. The van der Waals surface area contributed by atoms with E-state index in [0.29, 0.717) is 0 Å². The Bertz CT molecular complexity index is 2050. The average molecular weight is 613 g/mol. The van der Waals surface area contributed by atoms with Gasteiger partial charge in [-0.05, 0) is 105 Å². The fraction of sp³-hybridized carbons (Fsp3) is 0.0698. The van der Waals surface area contributed by atoms with Crippen molar-refractivity contribution in [2.75, 3.05) is 4.90 Å². The first-order valence-electron chi connectivity index (χ1n) is 15.9. The first-order chi connectivity index (χ1) is 23.2. The molecule has 7 aromatic rings. The van der Waals surface area contributed by atoms with Gasteiger partial charge in [-0.2, -0.15) is 0 Å². The number of fused-ring (bicyclic) bond motifs is 1. The summed E-state index contributed by atoms with van der Waals surface area (Å²) in [5, 5.41) is 1.22. The predicted molar refractivity (Wildman–Crippen MR) is 194 cm³/mol. The summed E-state index contributed by atoms with van der Waals surface area (Å²) in [7, 11) is 0. The van der Waals surface area contributed by atoms with Crippen LogP contribution in [-0.4, -0.2) is 4.57 Å². The zero-order chi connectivity index (χ0) is 32.0. The van der Waals surface area contributed by atoms with Crippen LogP contribution < -0.4 is 14.4 Å². The van der Waals surface area contributed by atoms with E-state index in [-0.39, 0.29) is 0 Å². The molecule has 0 spiro atoms. The number of hydrogen-bond donors (Lipinski definition) is 0. The Kier molecular flexibility index (Phi) is 8.56. The maximum absolute atomic E-state index is 6.28. The molecule has 4 nitrogen and oxygen atoms in total. The SMILES string of the molecule is C/C=C\Cc1c(C)n(-c2ccccc2)c2ccc(N(c3cccc(Oc4ccccc4)c3)c3cccc(Oc4ccccc4)c3)cc12. The van der Waals surface area contributed by atoms with Crippen LogP contribution in [0.2, 0.25) is 0 Å². The van der Waals surface area contributed by atoms with Gasteiger partial charge in [0.2, 0.25) is 0 Å². The van der Waals surface area contributed by atoms with E-state index in [1.54, 1.807) is 0 Å². The Labute approximate surface area is 276 Å². The highest BCUT2D eigenvalue weighted by molar-refractivity contribution is 5.93. The van der Waals surface area contributed by atoms with Crippen LogP contribution in [0, 0.1) is 6.92 Å². The summed E-state index contributed by atoms with van der Waals surface area (Å²) in [4.78, 5) is 2.27. The van der Waals surface area contributed by atoms with Gasteiger partial charge in [0.15, 0.2) is 0 Å². The lowest BCUT2D eigenvalue weighted by Gasteiger charge is -2.26. The number of hydrogen-bond acceptors (Lipinski definition) is 3. The van der Waals surface area contributed by atoms with E-state index in [1.807, 2.05) is 84.9 Å². The van der Waals surface area contributed by atoms with Crippen LogP contribution >= 0.6 is 0 Å². The molecule has 1 aromatic heterocycles. The zero-order valence-electron chi connectivity index (χ0n) is 26.6. The zero-order valence-corrected chi connectivity index (χ0v) is 26.6. The minimum atomic E-state index is 0.760. The second-order valence-corrected chi connectivity index (χ2v) is 11.4. The maximum atomic E-state index is 6.28. The number of nitrogens with zero attached hydrogens (tertiary/aromatic N) is 2. The summed E-state index contributed by atoms with van der Waals surface area (Å²) in [6.07, 6.45) is 5.21. The average Bonchev–Trinajstić information content (AvgIpc) is 3.39. The molecule has 0 N–H and O–H groups in total. The second kappa shape index (κ2) is 13.6. The van der Waals surface area contributed by atoms with E-state index in [0.717, 1.165) is 52.2 Å². The molecule has 0 aliphatic heterocycles. The summed E-state index contributed by atoms with van der Waals surface area (Å²) in [5.41, 5.74) is 7.88. The van der Waals surface area contributed by atoms with Gasteiger partial charge in [0.05, 0.1) is 5.52 Å². The van der Waals surface area contributed by atoms with Crippen LogP contribution in [0.3, 0.4) is 0 Å². The van der Waals surface area contributed by atoms with Gasteiger partial charge in [0.25, 0.3) is 0 Å². The Morgan fingerprint density at radius 3 is 1.62 bits per heavy atom. The molecular weight excluding hydrogens is 576 g/mol. The Hall–Kier alpha value is -6.00. The van der Waals surface area contributed by atoms with Gasteiger partial charge >= 0.3 is 0 Å². The molecule has 7 rings (SSSR count). The first kappa shape index (κ1) is 29.7. The van der Waals surface area contributed by atoms with Gasteiger partial charge in [-0.3, -0.25) is 0 Å². The third-order valence-corrected chi connectivity index (χ3v) is 8.26. The van der Waals surface area contributed by atoms with Crippen LogP contribution in [0.1, 0.15) is 18.2 Å². The number of rotatable bonds is 10. The van der Waals surface area contributed by atoms with Gasteiger partial charge < -0.3 is 18.9 Å². The molecule has 0 atom stereocenters. The molecule has 0 bridgehead atoms. The van der Waals surface area contributed by atoms with Crippen molar-refractivity contribution < 1.29 is 9.47 Å². The van der Waals surface area contributed by atoms with E-state index in [1.165, 1.54) is 22.2 Å². The number of allylic oxidation sites excluding steroid dienone is 2. The van der Waals surface area contributed by atoms with Crippen LogP contribution in [0.15, 0.2) is 170 Å². The molecule has 0 fully saturated rings. The lowest BCUT2D eigenvalue weighted by Crippen LogP contribution is -2.10. The molecule has 0 amide bonds. The largest absolute Gasteiger partial charge is 0.457 e. The molecular formula is C43H36N2O2. The lowest BCUT2D eigenvalue weighted by atomic mass is 10.1. The smallest absolute Gasteiger partial charge is 0.129 e. The predicted octanol–water partition coefficient (Wildman–Crippen LogP) is 12.1. The normalized spacial score (nSPS) is 11.2. The van der Waals surface area contributed by atoms with E-state index in [2.05, 4.69) is 108 Å². The highest BCUT2D eigenvalue weighted by Gasteiger charge is 2.19. The molecule has 0 aliphatic carbocycles. The van der Waals surface area contributed by atoms with Gasteiger partial charge in [0, 0.05) is 46.0 Å². The highest BCUT2D eigenvalue weighted by Crippen LogP contribution is 2.41. The van der Waals surface area contributed by atoms with Gasteiger partial charge in [-0.1, -0.05) is 78.9 Å². The van der Waals surface area contributed by atoms with Gasteiger partial charge in [-0.15, -0.1) is 0 Å². The Balaban J connectivity index is 1.38. The maximum Gasteiger partial charge on any atom is 0.129 e. The van der Waals surface area contributed by atoms with Crippen molar-refractivity contribution in [1.82, 2.24) is 4.57 Å². The van der Waals surface area contributed by atoms with Crippen LogP contribution in [0.5, 0.6) is 23.0 Å². The van der Waals surface area contributed by atoms with E-state index in [9.17, 15) is 0 Å². The van der Waals surface area contributed by atoms with Crippen LogP contribution in [-0.2, 0) is 6.42 Å². The van der Waals surface area contributed by atoms with Crippen molar-refractivity contribution >= 4 is 28.0 Å². The van der Waals surface area contributed by atoms with Gasteiger partial charge in [0.1, 0.15) is 23.0 Å². The fourth-order valence-electron chi connectivity index (χ4n) is 6.08. The molecule has 1 heterocycles. The third-order valence-electron chi connectivity index (χ3n) is 8.26. The monoisotopic (exact) mass is 612 g/mol. The summed E-state index contributed by atoms with van der Waals surface area (Å²) >= 11 is 0. The van der Waals surface area contributed by atoms with E-state index >= 15 is 0 Å². The van der Waals surface area contributed by atoms with Crippen molar-refractivity contribution in [3.05, 3.63) is 181 Å². The minimum Gasteiger partial charge on any atom is -0.457 e. The lowest BCUT2D eigenvalue weighted by molar-refractivity contribution is 0.482. The molecule has 0 aliphatic rings. The van der Waals surface area contributed by atoms with Crippen molar-refractivity contribution in [2.45, 2.75) is 20.3 Å². The number of benzene rings is 6. The molecule has 0 saturated carbocycles. The molecule has 4 heteroatoms. The Morgan fingerprint density at radius 2 is 1.06 bits per heavy atom.